The number of aromatic nitrogens is 1. The number of methoxy groups -OCH3 is 1. The van der Waals surface area contributed by atoms with Gasteiger partial charge in [-0.15, -0.1) is 0 Å². The standard InChI is InChI=1S/C25H23BrN2O4/c1-25(2)13-20-15(21(29)14-25)12-16(23(30)27-18-9-5-4-8-17(18)26)24(31)28(20)19-10-6-7-11-22(19)32-3/h4-12H,13-14H2,1-3H3,(H,27,30). The van der Waals surface area contributed by atoms with Gasteiger partial charge in [-0.2, -0.15) is 0 Å². The van der Waals surface area contributed by atoms with Crippen LogP contribution in [0.3, 0.4) is 0 Å². The molecule has 0 saturated carbocycles. The van der Waals surface area contributed by atoms with Crippen LogP contribution in [0.25, 0.3) is 5.69 Å². The van der Waals surface area contributed by atoms with Gasteiger partial charge in [0.25, 0.3) is 11.5 Å². The van der Waals surface area contributed by atoms with E-state index in [-0.39, 0.29) is 16.8 Å². The molecular formula is C25H23BrN2O4. The molecule has 4 rings (SSSR count). The predicted molar refractivity (Wildman–Crippen MR) is 127 cm³/mol. The first kappa shape index (κ1) is 22.0. The molecule has 164 valence electrons. The largest absolute Gasteiger partial charge is 0.495 e. The molecule has 0 atom stereocenters. The number of ketones is 1. The van der Waals surface area contributed by atoms with Gasteiger partial charge in [0.1, 0.15) is 11.3 Å². The van der Waals surface area contributed by atoms with E-state index in [1.807, 2.05) is 19.9 Å². The number of halogens is 1. The number of fused-ring (bicyclic) bond motifs is 1. The molecule has 1 aliphatic carbocycles. The van der Waals surface area contributed by atoms with Crippen LogP contribution >= 0.6 is 15.9 Å². The van der Waals surface area contributed by atoms with Gasteiger partial charge in [-0.1, -0.05) is 38.1 Å². The quantitative estimate of drug-likeness (QED) is 0.552. The Labute approximate surface area is 194 Å². The van der Waals surface area contributed by atoms with E-state index in [0.717, 1.165) is 0 Å². The number of nitrogens with one attached hydrogen (secondary N) is 1. The third kappa shape index (κ3) is 4.00. The van der Waals surface area contributed by atoms with Crippen molar-refractivity contribution in [2.24, 2.45) is 5.41 Å². The molecule has 1 amide bonds. The number of anilines is 1. The smallest absolute Gasteiger partial charge is 0.268 e. The van der Waals surface area contributed by atoms with Gasteiger partial charge in [-0.05, 0) is 58.1 Å². The lowest BCUT2D eigenvalue weighted by Crippen LogP contribution is -2.37. The summed E-state index contributed by atoms with van der Waals surface area (Å²) < 4.78 is 7.63. The molecule has 2 aromatic carbocycles. The Bertz CT molecular complexity index is 1290. The zero-order valence-electron chi connectivity index (χ0n) is 18.1. The number of rotatable bonds is 4. The van der Waals surface area contributed by atoms with Crippen molar-refractivity contribution in [1.82, 2.24) is 4.57 Å². The second-order valence-electron chi connectivity index (χ2n) is 8.61. The van der Waals surface area contributed by atoms with Crippen molar-refractivity contribution < 1.29 is 14.3 Å². The zero-order valence-corrected chi connectivity index (χ0v) is 19.7. The lowest BCUT2D eigenvalue weighted by Gasteiger charge is -2.32. The highest BCUT2D eigenvalue weighted by molar-refractivity contribution is 9.10. The molecule has 0 fully saturated rings. The number of pyridine rings is 1. The molecule has 1 heterocycles. The van der Waals surface area contributed by atoms with E-state index in [0.29, 0.717) is 45.7 Å². The topological polar surface area (TPSA) is 77.4 Å². The summed E-state index contributed by atoms with van der Waals surface area (Å²) in [5.74, 6) is -0.184. The number of hydrogen-bond acceptors (Lipinski definition) is 4. The van der Waals surface area contributed by atoms with Crippen molar-refractivity contribution in [3.8, 4) is 11.4 Å². The van der Waals surface area contributed by atoms with Crippen LogP contribution in [-0.2, 0) is 6.42 Å². The summed E-state index contributed by atoms with van der Waals surface area (Å²) in [4.78, 5) is 39.9. The minimum absolute atomic E-state index is 0.0881. The molecule has 6 nitrogen and oxygen atoms in total. The predicted octanol–water partition coefficient (Wildman–Crippen LogP) is 5.02. The number of amides is 1. The normalized spacial score (nSPS) is 14.6. The molecule has 3 aromatic rings. The summed E-state index contributed by atoms with van der Waals surface area (Å²) in [7, 11) is 1.52. The first-order chi connectivity index (χ1) is 15.2. The van der Waals surface area contributed by atoms with E-state index in [4.69, 9.17) is 4.74 Å². The van der Waals surface area contributed by atoms with Gasteiger partial charge in [0.05, 0.1) is 18.5 Å². The summed E-state index contributed by atoms with van der Waals surface area (Å²) in [5.41, 5.74) is 1.12. The lowest BCUT2D eigenvalue weighted by atomic mass is 9.75. The summed E-state index contributed by atoms with van der Waals surface area (Å²) in [5, 5.41) is 2.77. The fourth-order valence-electron chi connectivity index (χ4n) is 4.10. The Balaban J connectivity index is 1.95. The third-order valence-corrected chi connectivity index (χ3v) is 6.27. The number of benzene rings is 2. The number of nitrogens with zero attached hydrogens (tertiary/aromatic N) is 1. The summed E-state index contributed by atoms with van der Waals surface area (Å²) in [6, 6.07) is 15.7. The van der Waals surface area contributed by atoms with Gasteiger partial charge in [0.15, 0.2) is 5.78 Å². The van der Waals surface area contributed by atoms with Crippen LogP contribution < -0.4 is 15.6 Å². The minimum atomic E-state index is -0.578. The second-order valence-corrected chi connectivity index (χ2v) is 9.46. The molecule has 7 heteroatoms. The van der Waals surface area contributed by atoms with Gasteiger partial charge in [0.2, 0.25) is 0 Å². The molecule has 1 N–H and O–H groups in total. The zero-order chi connectivity index (χ0) is 23.0. The van der Waals surface area contributed by atoms with E-state index in [9.17, 15) is 14.4 Å². The van der Waals surface area contributed by atoms with E-state index in [1.165, 1.54) is 17.7 Å². The molecule has 1 aliphatic rings. The van der Waals surface area contributed by atoms with Crippen LogP contribution in [0.2, 0.25) is 0 Å². The van der Waals surface area contributed by atoms with Crippen LogP contribution in [0.1, 0.15) is 46.7 Å². The fraction of sp³-hybridized carbons (Fsp3) is 0.240. The number of carbonyl (C=O) groups is 2. The highest BCUT2D eigenvalue weighted by Crippen LogP contribution is 2.36. The summed E-state index contributed by atoms with van der Waals surface area (Å²) in [6.45, 7) is 4.00. The van der Waals surface area contributed by atoms with Crippen LogP contribution in [0.5, 0.6) is 5.75 Å². The maximum atomic E-state index is 13.7. The second kappa shape index (κ2) is 8.39. The molecule has 0 saturated heterocycles. The van der Waals surface area contributed by atoms with Gasteiger partial charge < -0.3 is 10.1 Å². The van der Waals surface area contributed by atoms with Crippen LogP contribution in [0.15, 0.2) is 63.9 Å². The minimum Gasteiger partial charge on any atom is -0.495 e. The van der Waals surface area contributed by atoms with Crippen molar-refractivity contribution in [3.63, 3.8) is 0 Å². The van der Waals surface area contributed by atoms with Crippen molar-refractivity contribution in [2.45, 2.75) is 26.7 Å². The highest BCUT2D eigenvalue weighted by atomic mass is 79.9. The van der Waals surface area contributed by atoms with Crippen molar-refractivity contribution >= 4 is 33.3 Å². The first-order valence-corrected chi connectivity index (χ1v) is 11.0. The monoisotopic (exact) mass is 494 g/mol. The van der Waals surface area contributed by atoms with Gasteiger partial charge in [-0.3, -0.25) is 19.0 Å². The van der Waals surface area contributed by atoms with Crippen molar-refractivity contribution in [1.29, 1.82) is 0 Å². The number of Topliss-reactive ketones (excluding diaryl/α,β-unsaturated/α-hetero) is 1. The van der Waals surface area contributed by atoms with E-state index >= 15 is 0 Å². The number of para-hydroxylation sites is 3. The molecule has 1 aromatic heterocycles. The molecular weight excluding hydrogens is 472 g/mol. The first-order valence-electron chi connectivity index (χ1n) is 10.2. The van der Waals surface area contributed by atoms with E-state index in [1.54, 1.807) is 42.5 Å². The average molecular weight is 495 g/mol. The van der Waals surface area contributed by atoms with Gasteiger partial charge in [-0.25, -0.2) is 0 Å². The molecule has 0 radical (unpaired) electrons. The van der Waals surface area contributed by atoms with Crippen molar-refractivity contribution in [3.05, 3.63) is 86.2 Å². The molecule has 0 bridgehead atoms. The van der Waals surface area contributed by atoms with E-state index in [2.05, 4.69) is 21.2 Å². The van der Waals surface area contributed by atoms with Gasteiger partial charge in [0, 0.05) is 22.2 Å². The Hall–Kier alpha value is -3.19. The highest BCUT2D eigenvalue weighted by Gasteiger charge is 2.35. The van der Waals surface area contributed by atoms with E-state index < -0.39 is 11.5 Å². The number of hydrogen-bond donors (Lipinski definition) is 1. The fourth-order valence-corrected chi connectivity index (χ4v) is 4.48. The number of ether oxygens (including phenoxy) is 1. The summed E-state index contributed by atoms with van der Waals surface area (Å²) >= 11 is 3.40. The SMILES string of the molecule is COc1ccccc1-n1c2c(cc(C(=O)Nc3ccccc3Br)c1=O)C(=O)CC(C)(C)C2. The Kier molecular flexibility index (Phi) is 5.77. The van der Waals surface area contributed by atoms with Crippen LogP contribution in [0, 0.1) is 5.41 Å². The Morgan fingerprint density at radius 2 is 1.75 bits per heavy atom. The molecule has 0 unspecified atom stereocenters. The molecule has 32 heavy (non-hydrogen) atoms. The number of carbonyl (C=O) groups excluding carboxylic acids is 2. The third-order valence-electron chi connectivity index (χ3n) is 5.58. The summed E-state index contributed by atoms with van der Waals surface area (Å²) in [6.07, 6.45) is 0.864. The lowest BCUT2D eigenvalue weighted by molar-refractivity contribution is 0.0908. The molecule has 0 aliphatic heterocycles. The van der Waals surface area contributed by atoms with Crippen molar-refractivity contribution in [2.75, 3.05) is 12.4 Å². The average Bonchev–Trinajstić information content (AvgIpc) is 2.74. The maximum absolute atomic E-state index is 13.7. The Morgan fingerprint density at radius 1 is 1.06 bits per heavy atom. The van der Waals surface area contributed by atoms with Crippen LogP contribution in [-0.4, -0.2) is 23.4 Å². The van der Waals surface area contributed by atoms with Crippen LogP contribution in [0.4, 0.5) is 5.69 Å². The Morgan fingerprint density at radius 3 is 2.47 bits per heavy atom. The maximum Gasteiger partial charge on any atom is 0.268 e. The van der Waals surface area contributed by atoms with Gasteiger partial charge >= 0.3 is 0 Å². The molecule has 0 spiro atoms.